The third-order valence-electron chi connectivity index (χ3n) is 3.39. The Morgan fingerprint density at radius 2 is 1.96 bits per heavy atom. The molecule has 0 aliphatic rings. The van der Waals surface area contributed by atoms with Crippen molar-refractivity contribution in [3.8, 4) is 11.3 Å². The second kappa shape index (κ2) is 6.35. The van der Waals surface area contributed by atoms with Crippen molar-refractivity contribution in [1.82, 2.24) is 14.5 Å². The van der Waals surface area contributed by atoms with Gasteiger partial charge in [-0.25, -0.2) is 4.98 Å². The number of hydrogen-bond acceptors (Lipinski definition) is 2. The molecule has 24 heavy (non-hydrogen) atoms. The molecule has 0 bridgehead atoms. The van der Waals surface area contributed by atoms with Crippen molar-refractivity contribution < 1.29 is 18.0 Å². The first-order valence-corrected chi connectivity index (χ1v) is 6.93. The molecule has 126 valence electrons. The number of amides is 1. The molecule has 0 N–H and O–H groups in total. The SMILES string of the molecule is C=CC(=C)n1cncc1-c1cc(C(=O)N(C)C)cc(C(F)(F)F)c1. The molecule has 0 atom stereocenters. The Morgan fingerprint density at radius 1 is 1.29 bits per heavy atom. The summed E-state index contributed by atoms with van der Waals surface area (Å²) in [6.45, 7) is 7.35. The summed E-state index contributed by atoms with van der Waals surface area (Å²) in [4.78, 5) is 17.3. The third kappa shape index (κ3) is 3.40. The Hall–Kier alpha value is -2.83. The predicted molar refractivity (Wildman–Crippen MR) is 86.2 cm³/mol. The maximum Gasteiger partial charge on any atom is 0.416 e. The van der Waals surface area contributed by atoms with Gasteiger partial charge in [-0.15, -0.1) is 0 Å². The second-order valence-corrected chi connectivity index (χ2v) is 5.34. The van der Waals surface area contributed by atoms with Gasteiger partial charge in [-0.3, -0.25) is 9.36 Å². The third-order valence-corrected chi connectivity index (χ3v) is 3.39. The number of halogens is 3. The lowest BCUT2D eigenvalue weighted by molar-refractivity contribution is -0.137. The van der Waals surface area contributed by atoms with E-state index in [4.69, 9.17) is 0 Å². The largest absolute Gasteiger partial charge is 0.416 e. The molecule has 0 unspecified atom stereocenters. The maximum atomic E-state index is 13.2. The van der Waals surface area contributed by atoms with Gasteiger partial charge in [0, 0.05) is 30.9 Å². The Kier molecular flexibility index (Phi) is 4.64. The first-order valence-electron chi connectivity index (χ1n) is 6.93. The van der Waals surface area contributed by atoms with Crippen molar-refractivity contribution in [3.63, 3.8) is 0 Å². The molecule has 0 saturated carbocycles. The molecule has 0 saturated heterocycles. The van der Waals surface area contributed by atoms with Crippen LogP contribution >= 0.6 is 0 Å². The molecule has 1 heterocycles. The second-order valence-electron chi connectivity index (χ2n) is 5.34. The molecule has 1 aromatic carbocycles. The van der Waals surface area contributed by atoms with Crippen LogP contribution in [-0.2, 0) is 6.18 Å². The fraction of sp³-hybridized carbons (Fsp3) is 0.176. The molecule has 2 rings (SSSR count). The molecule has 0 aliphatic heterocycles. The predicted octanol–water partition coefficient (Wildman–Crippen LogP) is 3.93. The lowest BCUT2D eigenvalue weighted by atomic mass is 10.0. The Bertz CT molecular complexity index is 804. The molecule has 1 aromatic heterocycles. The van der Waals surface area contributed by atoms with Crippen molar-refractivity contribution in [2.24, 2.45) is 0 Å². The smallest absolute Gasteiger partial charge is 0.345 e. The van der Waals surface area contributed by atoms with Crippen LogP contribution in [0.5, 0.6) is 0 Å². The van der Waals surface area contributed by atoms with E-state index in [1.807, 2.05) is 0 Å². The van der Waals surface area contributed by atoms with Gasteiger partial charge in [0.2, 0.25) is 0 Å². The van der Waals surface area contributed by atoms with Crippen molar-refractivity contribution in [2.45, 2.75) is 6.18 Å². The number of imidazole rings is 1. The van der Waals surface area contributed by atoms with Crippen molar-refractivity contribution in [2.75, 3.05) is 14.1 Å². The highest BCUT2D eigenvalue weighted by Crippen LogP contribution is 2.34. The fourth-order valence-corrected chi connectivity index (χ4v) is 2.16. The Balaban J connectivity index is 2.68. The van der Waals surface area contributed by atoms with Gasteiger partial charge in [0.05, 0.1) is 23.8 Å². The Labute approximate surface area is 137 Å². The van der Waals surface area contributed by atoms with Crippen molar-refractivity contribution in [3.05, 3.63) is 61.1 Å². The van der Waals surface area contributed by atoms with E-state index in [1.54, 1.807) is 0 Å². The van der Waals surface area contributed by atoms with Crippen molar-refractivity contribution >= 4 is 11.6 Å². The lowest BCUT2D eigenvalue weighted by Crippen LogP contribution is -2.22. The fourth-order valence-electron chi connectivity index (χ4n) is 2.16. The summed E-state index contributed by atoms with van der Waals surface area (Å²) < 4.78 is 41.1. The molecule has 0 spiro atoms. The van der Waals surface area contributed by atoms with E-state index in [-0.39, 0.29) is 11.1 Å². The zero-order valence-corrected chi connectivity index (χ0v) is 13.3. The van der Waals surface area contributed by atoms with Gasteiger partial charge in [0.15, 0.2) is 0 Å². The van der Waals surface area contributed by atoms with E-state index in [0.29, 0.717) is 11.4 Å². The molecular weight excluding hydrogens is 319 g/mol. The summed E-state index contributed by atoms with van der Waals surface area (Å²) in [6, 6.07) is 3.23. The number of aromatic nitrogens is 2. The van der Waals surface area contributed by atoms with E-state index in [0.717, 1.165) is 12.1 Å². The van der Waals surface area contributed by atoms with Gasteiger partial charge in [-0.05, 0) is 24.3 Å². The van der Waals surface area contributed by atoms with Crippen LogP contribution in [0.1, 0.15) is 15.9 Å². The van der Waals surface area contributed by atoms with Crippen LogP contribution < -0.4 is 0 Å². The molecule has 4 nitrogen and oxygen atoms in total. The van der Waals surface area contributed by atoms with Crippen LogP contribution in [0.3, 0.4) is 0 Å². The van der Waals surface area contributed by atoms with E-state index < -0.39 is 17.6 Å². The summed E-state index contributed by atoms with van der Waals surface area (Å²) >= 11 is 0. The van der Waals surface area contributed by atoms with Gasteiger partial charge < -0.3 is 4.90 Å². The summed E-state index contributed by atoms with van der Waals surface area (Å²) in [5.41, 5.74) is 0.110. The molecule has 7 heteroatoms. The number of hydrogen-bond donors (Lipinski definition) is 0. The summed E-state index contributed by atoms with van der Waals surface area (Å²) in [7, 11) is 2.96. The zero-order valence-electron chi connectivity index (χ0n) is 13.3. The summed E-state index contributed by atoms with van der Waals surface area (Å²) in [5, 5.41) is 0. The molecule has 1 amide bonds. The summed E-state index contributed by atoms with van der Waals surface area (Å²) in [6.07, 6.45) is -0.274. The number of allylic oxidation sites excluding steroid dienone is 2. The van der Waals surface area contributed by atoms with Crippen molar-refractivity contribution in [1.29, 1.82) is 0 Å². The van der Waals surface area contributed by atoms with E-state index >= 15 is 0 Å². The van der Waals surface area contributed by atoms with Crippen LogP contribution in [0.25, 0.3) is 17.0 Å². The van der Waals surface area contributed by atoms with Gasteiger partial charge in [-0.2, -0.15) is 13.2 Å². The van der Waals surface area contributed by atoms with Gasteiger partial charge in [0.25, 0.3) is 5.91 Å². The molecule has 2 aromatic rings. The van der Waals surface area contributed by atoms with Crippen LogP contribution in [-0.4, -0.2) is 34.5 Å². The van der Waals surface area contributed by atoms with E-state index in [9.17, 15) is 18.0 Å². The minimum absolute atomic E-state index is 0.0539. The number of carbonyl (C=O) groups is 1. The average Bonchev–Trinajstić information content (AvgIpc) is 3.01. The molecule has 0 aliphatic carbocycles. The zero-order chi connectivity index (χ0) is 18.1. The number of rotatable bonds is 4. The standard InChI is InChI=1S/C17H16F3N3O/c1-5-11(2)23-10-21-9-15(23)12-6-13(16(24)22(3)4)8-14(7-12)17(18,19)20/h5-10H,1-2H2,3-4H3. The monoisotopic (exact) mass is 335 g/mol. The van der Waals surface area contributed by atoms with E-state index in [1.165, 1.54) is 48.2 Å². The van der Waals surface area contributed by atoms with Gasteiger partial charge in [-0.1, -0.05) is 13.2 Å². The highest BCUT2D eigenvalue weighted by molar-refractivity contribution is 5.95. The first kappa shape index (κ1) is 17.5. The highest BCUT2D eigenvalue weighted by Gasteiger charge is 2.32. The van der Waals surface area contributed by atoms with Gasteiger partial charge in [0.1, 0.15) is 0 Å². The van der Waals surface area contributed by atoms with Gasteiger partial charge >= 0.3 is 6.18 Å². The number of benzene rings is 1. The minimum Gasteiger partial charge on any atom is -0.345 e. The Morgan fingerprint density at radius 3 is 2.50 bits per heavy atom. The molecule has 0 radical (unpaired) electrons. The highest BCUT2D eigenvalue weighted by atomic mass is 19.4. The topological polar surface area (TPSA) is 38.1 Å². The molecule has 0 fully saturated rings. The van der Waals surface area contributed by atoms with Crippen LogP contribution in [0.2, 0.25) is 0 Å². The first-order chi connectivity index (χ1) is 11.1. The number of nitrogens with zero attached hydrogens (tertiary/aromatic N) is 3. The van der Waals surface area contributed by atoms with Crippen LogP contribution in [0, 0.1) is 0 Å². The molecular formula is C17H16F3N3O. The normalized spacial score (nSPS) is 11.2. The maximum absolute atomic E-state index is 13.2. The number of alkyl halides is 3. The quantitative estimate of drug-likeness (QED) is 0.794. The van der Waals surface area contributed by atoms with E-state index in [2.05, 4.69) is 18.1 Å². The minimum atomic E-state index is -4.57. The van der Waals surface area contributed by atoms with Crippen LogP contribution in [0.4, 0.5) is 13.2 Å². The van der Waals surface area contributed by atoms with Crippen LogP contribution in [0.15, 0.2) is 50.0 Å². The average molecular weight is 335 g/mol. The summed E-state index contributed by atoms with van der Waals surface area (Å²) in [5.74, 6) is -0.518. The lowest BCUT2D eigenvalue weighted by Gasteiger charge is -2.16. The number of carbonyl (C=O) groups excluding carboxylic acids is 1.